The van der Waals surface area contributed by atoms with Gasteiger partial charge in [-0.05, 0) is 37.5 Å². The number of aryl methyl sites for hydroxylation is 1. The van der Waals surface area contributed by atoms with Gasteiger partial charge in [-0.3, -0.25) is 4.79 Å². The van der Waals surface area contributed by atoms with Gasteiger partial charge < -0.3 is 10.4 Å². The molecular formula is C15H20BrNO2. The van der Waals surface area contributed by atoms with E-state index in [2.05, 4.69) is 21.2 Å². The summed E-state index contributed by atoms with van der Waals surface area (Å²) in [5.41, 5.74) is 1.67. The predicted molar refractivity (Wildman–Crippen MR) is 79.2 cm³/mol. The first kappa shape index (κ1) is 14.5. The van der Waals surface area contributed by atoms with Gasteiger partial charge >= 0.3 is 0 Å². The topological polar surface area (TPSA) is 49.3 Å². The zero-order valence-electron chi connectivity index (χ0n) is 11.2. The number of amides is 1. The van der Waals surface area contributed by atoms with Gasteiger partial charge in [0.2, 0.25) is 0 Å². The van der Waals surface area contributed by atoms with Gasteiger partial charge in [-0.25, -0.2) is 0 Å². The van der Waals surface area contributed by atoms with Crippen LogP contribution < -0.4 is 5.32 Å². The Hall–Kier alpha value is -0.870. The van der Waals surface area contributed by atoms with E-state index >= 15 is 0 Å². The van der Waals surface area contributed by atoms with Crippen molar-refractivity contribution in [2.45, 2.75) is 32.6 Å². The molecule has 104 valence electrons. The molecule has 0 saturated heterocycles. The second-order valence-corrected chi connectivity index (χ2v) is 6.37. The van der Waals surface area contributed by atoms with E-state index in [9.17, 15) is 9.90 Å². The minimum absolute atomic E-state index is 0.0691. The molecule has 1 fully saturated rings. The largest absolute Gasteiger partial charge is 0.396 e. The number of nitrogens with one attached hydrogen (secondary N) is 1. The van der Waals surface area contributed by atoms with E-state index in [1.165, 1.54) is 0 Å². The molecule has 0 aromatic heterocycles. The van der Waals surface area contributed by atoms with Crippen molar-refractivity contribution in [3.8, 4) is 0 Å². The summed E-state index contributed by atoms with van der Waals surface area (Å²) in [5.74, 6) is -0.0691. The third-order valence-electron chi connectivity index (χ3n) is 4.06. The molecule has 1 amide bonds. The highest BCUT2D eigenvalue weighted by molar-refractivity contribution is 9.10. The minimum atomic E-state index is -0.0996. The lowest BCUT2D eigenvalue weighted by atomic mass is 9.87. The van der Waals surface area contributed by atoms with Gasteiger partial charge in [-0.1, -0.05) is 34.8 Å². The van der Waals surface area contributed by atoms with Crippen LogP contribution in [0, 0.1) is 12.3 Å². The average Bonchev–Trinajstić information content (AvgIpc) is 2.89. The molecule has 0 spiro atoms. The predicted octanol–water partition coefficient (Wildman–Crippen LogP) is 3.04. The van der Waals surface area contributed by atoms with E-state index in [4.69, 9.17) is 0 Å². The summed E-state index contributed by atoms with van der Waals surface area (Å²) < 4.78 is 0.942. The first-order chi connectivity index (χ1) is 9.06. The molecule has 3 nitrogen and oxygen atoms in total. The Morgan fingerprint density at radius 1 is 1.42 bits per heavy atom. The normalized spacial score (nSPS) is 17.4. The fraction of sp³-hybridized carbons (Fsp3) is 0.533. The van der Waals surface area contributed by atoms with Gasteiger partial charge in [0.1, 0.15) is 0 Å². The van der Waals surface area contributed by atoms with E-state index in [1.807, 2.05) is 25.1 Å². The highest BCUT2D eigenvalue weighted by atomic mass is 79.9. The Balaban J connectivity index is 1.99. The molecule has 2 N–H and O–H groups in total. The molecule has 0 aliphatic heterocycles. The van der Waals surface area contributed by atoms with Crippen LogP contribution in [0.2, 0.25) is 0 Å². The monoisotopic (exact) mass is 325 g/mol. The molecule has 0 atom stereocenters. The Kier molecular flexibility index (Phi) is 4.63. The maximum atomic E-state index is 12.1. The number of benzene rings is 1. The maximum Gasteiger partial charge on any atom is 0.251 e. The Morgan fingerprint density at radius 2 is 2.11 bits per heavy atom. The quantitative estimate of drug-likeness (QED) is 0.893. The van der Waals surface area contributed by atoms with E-state index in [1.54, 1.807) is 0 Å². The first-order valence-corrected chi connectivity index (χ1v) is 7.51. The number of carbonyl (C=O) groups excluding carboxylic acids is 1. The third-order valence-corrected chi connectivity index (χ3v) is 4.91. The lowest BCUT2D eigenvalue weighted by molar-refractivity contribution is 0.0880. The molecule has 0 bridgehead atoms. The van der Waals surface area contributed by atoms with Crippen LogP contribution in [0.25, 0.3) is 0 Å². The molecular weight excluding hydrogens is 306 g/mol. The number of hydrogen-bond donors (Lipinski definition) is 2. The molecule has 0 heterocycles. The first-order valence-electron chi connectivity index (χ1n) is 6.72. The number of aliphatic hydroxyl groups excluding tert-OH is 1. The second-order valence-electron chi connectivity index (χ2n) is 5.51. The van der Waals surface area contributed by atoms with Crippen molar-refractivity contribution in [1.82, 2.24) is 5.32 Å². The summed E-state index contributed by atoms with van der Waals surface area (Å²) in [4.78, 5) is 12.1. The standard InChI is InChI=1S/C15H20BrNO2/c1-11-4-5-12(8-13(11)16)14(19)17-9-15(10-18)6-2-3-7-15/h4-5,8,18H,2-3,6-7,9-10H2,1H3,(H,17,19). The van der Waals surface area contributed by atoms with Crippen molar-refractivity contribution in [3.63, 3.8) is 0 Å². The molecule has 4 heteroatoms. The number of halogens is 1. The molecule has 1 saturated carbocycles. The third kappa shape index (κ3) is 3.37. The number of aliphatic hydroxyl groups is 1. The van der Waals surface area contributed by atoms with Gasteiger partial charge in [0.25, 0.3) is 5.91 Å². The number of rotatable bonds is 4. The molecule has 1 aromatic carbocycles. The summed E-state index contributed by atoms with van der Waals surface area (Å²) in [5, 5.41) is 12.5. The zero-order chi connectivity index (χ0) is 13.9. The summed E-state index contributed by atoms with van der Waals surface area (Å²) in [6.45, 7) is 2.71. The van der Waals surface area contributed by atoms with E-state index < -0.39 is 0 Å². The van der Waals surface area contributed by atoms with Crippen molar-refractivity contribution in [2.24, 2.45) is 5.41 Å². The van der Waals surface area contributed by atoms with Crippen molar-refractivity contribution >= 4 is 21.8 Å². The fourth-order valence-electron chi connectivity index (χ4n) is 2.62. The average molecular weight is 326 g/mol. The van der Waals surface area contributed by atoms with Crippen LogP contribution in [0.1, 0.15) is 41.6 Å². The number of carbonyl (C=O) groups is 1. The van der Waals surface area contributed by atoms with Crippen LogP contribution >= 0.6 is 15.9 Å². The Bertz CT molecular complexity index is 467. The molecule has 0 radical (unpaired) electrons. The SMILES string of the molecule is Cc1ccc(C(=O)NCC2(CO)CCCC2)cc1Br. The minimum Gasteiger partial charge on any atom is -0.396 e. The van der Waals surface area contributed by atoms with Crippen LogP contribution in [0.4, 0.5) is 0 Å². The number of hydrogen-bond acceptors (Lipinski definition) is 2. The highest BCUT2D eigenvalue weighted by Gasteiger charge is 2.33. The molecule has 0 unspecified atom stereocenters. The summed E-state index contributed by atoms with van der Waals surface area (Å²) >= 11 is 3.44. The summed E-state index contributed by atoms with van der Waals surface area (Å²) in [6, 6.07) is 5.59. The Labute approximate surface area is 122 Å². The smallest absolute Gasteiger partial charge is 0.251 e. The van der Waals surface area contributed by atoms with E-state index in [0.717, 1.165) is 35.7 Å². The van der Waals surface area contributed by atoms with Gasteiger partial charge in [0.15, 0.2) is 0 Å². The van der Waals surface area contributed by atoms with Crippen LogP contribution in [0.3, 0.4) is 0 Å². The van der Waals surface area contributed by atoms with Crippen LogP contribution in [-0.2, 0) is 0 Å². The lowest BCUT2D eigenvalue weighted by Crippen LogP contribution is -2.38. The highest BCUT2D eigenvalue weighted by Crippen LogP contribution is 2.36. The lowest BCUT2D eigenvalue weighted by Gasteiger charge is -2.26. The van der Waals surface area contributed by atoms with E-state index in [-0.39, 0.29) is 17.9 Å². The van der Waals surface area contributed by atoms with Crippen molar-refractivity contribution < 1.29 is 9.90 Å². The molecule has 1 aliphatic rings. The zero-order valence-corrected chi connectivity index (χ0v) is 12.8. The van der Waals surface area contributed by atoms with E-state index in [0.29, 0.717) is 12.1 Å². The second kappa shape index (κ2) is 6.06. The van der Waals surface area contributed by atoms with Crippen LogP contribution in [0.15, 0.2) is 22.7 Å². The maximum absolute atomic E-state index is 12.1. The fourth-order valence-corrected chi connectivity index (χ4v) is 3.00. The summed E-state index contributed by atoms with van der Waals surface area (Å²) in [7, 11) is 0. The molecule has 1 aromatic rings. The van der Waals surface area contributed by atoms with Crippen LogP contribution in [0.5, 0.6) is 0 Å². The van der Waals surface area contributed by atoms with Crippen LogP contribution in [-0.4, -0.2) is 24.2 Å². The van der Waals surface area contributed by atoms with Gasteiger partial charge in [0, 0.05) is 22.0 Å². The molecule has 19 heavy (non-hydrogen) atoms. The molecule has 2 rings (SSSR count). The van der Waals surface area contributed by atoms with Crippen molar-refractivity contribution in [3.05, 3.63) is 33.8 Å². The van der Waals surface area contributed by atoms with Gasteiger partial charge in [-0.2, -0.15) is 0 Å². The Morgan fingerprint density at radius 3 is 2.68 bits per heavy atom. The summed E-state index contributed by atoms with van der Waals surface area (Å²) in [6.07, 6.45) is 4.29. The van der Waals surface area contributed by atoms with Gasteiger partial charge in [0.05, 0.1) is 6.61 Å². The molecule has 1 aliphatic carbocycles. The van der Waals surface area contributed by atoms with Crippen molar-refractivity contribution in [2.75, 3.05) is 13.2 Å². The van der Waals surface area contributed by atoms with Gasteiger partial charge in [-0.15, -0.1) is 0 Å². The van der Waals surface area contributed by atoms with Crippen molar-refractivity contribution in [1.29, 1.82) is 0 Å².